The van der Waals surface area contributed by atoms with Crippen LogP contribution in [0, 0.1) is 5.82 Å². The van der Waals surface area contributed by atoms with E-state index in [0.29, 0.717) is 5.25 Å². The zero-order valence-corrected chi connectivity index (χ0v) is 12.5. The molecule has 0 saturated heterocycles. The molecule has 1 saturated carbocycles. The molecule has 2 N–H and O–H groups in total. The number of thioether (sulfide) groups is 1. The monoisotopic (exact) mass is 281 g/mol. The van der Waals surface area contributed by atoms with Crippen LogP contribution in [-0.2, 0) is 0 Å². The second-order valence-corrected chi connectivity index (χ2v) is 6.86. The third-order valence-corrected chi connectivity index (χ3v) is 5.72. The van der Waals surface area contributed by atoms with Crippen LogP contribution in [-0.4, -0.2) is 11.3 Å². The number of hydrogen-bond donors (Lipinski definition) is 1. The minimum Gasteiger partial charge on any atom is -0.326 e. The lowest BCUT2D eigenvalue weighted by atomic mass is 10.0. The van der Waals surface area contributed by atoms with Gasteiger partial charge in [-0.1, -0.05) is 44.4 Å². The molecule has 0 amide bonds. The molecular weight excluding hydrogens is 257 g/mol. The average Bonchev–Trinajstić information content (AvgIpc) is 2.46. The molecule has 2 atom stereocenters. The van der Waals surface area contributed by atoms with Crippen molar-refractivity contribution < 1.29 is 4.39 Å². The first kappa shape index (κ1) is 14.9. The van der Waals surface area contributed by atoms with Crippen molar-refractivity contribution in [1.82, 2.24) is 0 Å². The molecule has 106 valence electrons. The van der Waals surface area contributed by atoms with E-state index < -0.39 is 0 Å². The second kappa shape index (κ2) is 7.30. The largest absolute Gasteiger partial charge is 0.326 e. The topological polar surface area (TPSA) is 26.0 Å². The third-order valence-electron chi connectivity index (χ3n) is 3.96. The quantitative estimate of drug-likeness (QED) is 0.848. The van der Waals surface area contributed by atoms with Crippen LogP contribution in [0.5, 0.6) is 0 Å². The van der Waals surface area contributed by atoms with Gasteiger partial charge in [0.25, 0.3) is 0 Å². The van der Waals surface area contributed by atoms with Gasteiger partial charge in [-0.15, -0.1) is 11.8 Å². The minimum absolute atomic E-state index is 0.0313. The van der Waals surface area contributed by atoms with E-state index in [0.717, 1.165) is 12.0 Å². The minimum atomic E-state index is -0.111. The van der Waals surface area contributed by atoms with E-state index in [1.165, 1.54) is 32.1 Å². The Kier molecular flexibility index (Phi) is 5.71. The Morgan fingerprint density at radius 1 is 1.26 bits per heavy atom. The molecule has 1 aliphatic carbocycles. The maximum absolute atomic E-state index is 14.0. The molecule has 0 aliphatic heterocycles. The highest BCUT2D eigenvalue weighted by atomic mass is 32.2. The summed E-state index contributed by atoms with van der Waals surface area (Å²) in [5.74, 6) is -0.111. The van der Waals surface area contributed by atoms with Crippen molar-refractivity contribution in [3.63, 3.8) is 0 Å². The molecule has 0 radical (unpaired) electrons. The maximum atomic E-state index is 14.0. The van der Waals surface area contributed by atoms with Gasteiger partial charge in [0.05, 0.1) is 0 Å². The smallest absolute Gasteiger partial charge is 0.127 e. The maximum Gasteiger partial charge on any atom is 0.127 e. The summed E-state index contributed by atoms with van der Waals surface area (Å²) in [7, 11) is 0. The summed E-state index contributed by atoms with van der Waals surface area (Å²) in [6, 6.07) is 7.13. The normalized spacial score (nSPS) is 20.2. The SMILES string of the molecule is CCC(N)C(SC1CCCCC1)c1ccccc1F. The van der Waals surface area contributed by atoms with Crippen LogP contribution < -0.4 is 5.73 Å². The van der Waals surface area contributed by atoms with Crippen molar-refractivity contribution in [3.05, 3.63) is 35.6 Å². The summed E-state index contributed by atoms with van der Waals surface area (Å²) in [6.07, 6.45) is 7.37. The number of benzene rings is 1. The fraction of sp³-hybridized carbons (Fsp3) is 0.625. The van der Waals surface area contributed by atoms with Crippen LogP contribution in [0.25, 0.3) is 0 Å². The van der Waals surface area contributed by atoms with Crippen LogP contribution in [0.1, 0.15) is 56.3 Å². The highest BCUT2D eigenvalue weighted by Gasteiger charge is 2.26. The predicted molar refractivity (Wildman–Crippen MR) is 81.9 cm³/mol. The first-order valence-corrected chi connectivity index (χ1v) is 8.32. The zero-order chi connectivity index (χ0) is 13.7. The van der Waals surface area contributed by atoms with Gasteiger partial charge in [-0.2, -0.15) is 0 Å². The second-order valence-electron chi connectivity index (χ2n) is 5.41. The molecule has 1 aromatic carbocycles. The van der Waals surface area contributed by atoms with Crippen molar-refractivity contribution in [2.24, 2.45) is 5.73 Å². The Balaban J connectivity index is 2.13. The van der Waals surface area contributed by atoms with E-state index in [9.17, 15) is 4.39 Å². The predicted octanol–water partition coefficient (Wildman–Crippen LogP) is 4.67. The van der Waals surface area contributed by atoms with E-state index >= 15 is 0 Å². The molecule has 1 nitrogen and oxygen atoms in total. The van der Waals surface area contributed by atoms with Gasteiger partial charge in [-0.05, 0) is 25.3 Å². The molecule has 0 heterocycles. The summed E-state index contributed by atoms with van der Waals surface area (Å²) in [6.45, 7) is 2.08. The Morgan fingerprint density at radius 3 is 2.58 bits per heavy atom. The lowest BCUT2D eigenvalue weighted by molar-refractivity contribution is 0.510. The fourth-order valence-electron chi connectivity index (χ4n) is 2.73. The molecule has 1 aliphatic rings. The van der Waals surface area contributed by atoms with Crippen molar-refractivity contribution in [2.45, 2.75) is 62.0 Å². The summed E-state index contributed by atoms with van der Waals surface area (Å²) in [5, 5.41) is 0.741. The molecule has 1 fully saturated rings. The van der Waals surface area contributed by atoms with Gasteiger partial charge in [-0.25, -0.2) is 4.39 Å². The number of hydrogen-bond acceptors (Lipinski definition) is 2. The van der Waals surface area contributed by atoms with Crippen LogP contribution in [0.3, 0.4) is 0 Å². The van der Waals surface area contributed by atoms with E-state index in [-0.39, 0.29) is 17.1 Å². The summed E-state index contributed by atoms with van der Waals surface area (Å²) in [5.41, 5.74) is 7.03. The summed E-state index contributed by atoms with van der Waals surface area (Å²) >= 11 is 1.90. The Morgan fingerprint density at radius 2 is 1.95 bits per heavy atom. The van der Waals surface area contributed by atoms with Crippen molar-refractivity contribution in [1.29, 1.82) is 0 Å². The molecule has 0 spiro atoms. The molecule has 3 heteroatoms. The third kappa shape index (κ3) is 3.96. The van der Waals surface area contributed by atoms with Crippen molar-refractivity contribution in [2.75, 3.05) is 0 Å². The number of rotatable bonds is 5. The molecular formula is C16H24FNS. The van der Waals surface area contributed by atoms with Gasteiger partial charge < -0.3 is 5.73 Å². The standard InChI is InChI=1S/C16H24FNS/c1-2-15(18)16(13-10-6-7-11-14(13)17)19-12-8-4-3-5-9-12/h6-7,10-12,15-16H,2-5,8-9,18H2,1H3. The number of nitrogens with two attached hydrogens (primary N) is 1. The summed E-state index contributed by atoms with van der Waals surface area (Å²) < 4.78 is 14.0. The van der Waals surface area contributed by atoms with Crippen molar-refractivity contribution >= 4 is 11.8 Å². The van der Waals surface area contributed by atoms with E-state index in [1.54, 1.807) is 12.1 Å². The van der Waals surface area contributed by atoms with Gasteiger partial charge in [0, 0.05) is 22.1 Å². The van der Waals surface area contributed by atoms with Gasteiger partial charge in [0.2, 0.25) is 0 Å². The van der Waals surface area contributed by atoms with Gasteiger partial charge in [-0.3, -0.25) is 0 Å². The molecule has 2 rings (SSSR count). The molecule has 2 unspecified atom stereocenters. The van der Waals surface area contributed by atoms with Gasteiger partial charge in [0.15, 0.2) is 0 Å². The Bertz CT molecular complexity index is 390. The lowest BCUT2D eigenvalue weighted by Gasteiger charge is -2.30. The highest BCUT2D eigenvalue weighted by molar-refractivity contribution is 8.00. The van der Waals surface area contributed by atoms with Crippen LogP contribution in [0.4, 0.5) is 4.39 Å². The molecule has 0 bridgehead atoms. The van der Waals surface area contributed by atoms with Crippen molar-refractivity contribution in [3.8, 4) is 0 Å². The molecule has 0 aromatic heterocycles. The Labute approximate surface area is 120 Å². The molecule has 19 heavy (non-hydrogen) atoms. The first-order chi connectivity index (χ1) is 9.22. The number of halogens is 1. The molecule has 1 aromatic rings. The van der Waals surface area contributed by atoms with Gasteiger partial charge in [0.1, 0.15) is 5.82 Å². The summed E-state index contributed by atoms with van der Waals surface area (Å²) in [4.78, 5) is 0. The van der Waals surface area contributed by atoms with Crippen LogP contribution >= 0.6 is 11.8 Å². The highest BCUT2D eigenvalue weighted by Crippen LogP contribution is 2.41. The fourth-order valence-corrected chi connectivity index (χ4v) is 4.49. The zero-order valence-electron chi connectivity index (χ0n) is 11.6. The van der Waals surface area contributed by atoms with Crippen LogP contribution in [0.15, 0.2) is 24.3 Å². The van der Waals surface area contributed by atoms with E-state index in [1.807, 2.05) is 23.9 Å². The van der Waals surface area contributed by atoms with Gasteiger partial charge >= 0.3 is 0 Å². The van der Waals surface area contributed by atoms with E-state index in [4.69, 9.17) is 5.73 Å². The first-order valence-electron chi connectivity index (χ1n) is 7.37. The van der Waals surface area contributed by atoms with E-state index in [2.05, 4.69) is 6.92 Å². The Hall–Kier alpha value is -0.540. The average molecular weight is 281 g/mol. The van der Waals surface area contributed by atoms with Crippen LogP contribution in [0.2, 0.25) is 0 Å². The lowest BCUT2D eigenvalue weighted by Crippen LogP contribution is -2.28.